The summed E-state index contributed by atoms with van der Waals surface area (Å²) in [5.74, 6) is 0.0742. The molecule has 2 fully saturated rings. The molecule has 5 nitrogen and oxygen atoms in total. The number of benzene rings is 2. The van der Waals surface area contributed by atoms with Gasteiger partial charge in [-0.2, -0.15) is 0 Å². The zero-order valence-electron chi connectivity index (χ0n) is 19.8. The van der Waals surface area contributed by atoms with Crippen molar-refractivity contribution in [1.82, 2.24) is 4.90 Å². The molecule has 1 aliphatic heterocycles. The number of nitrogens with one attached hydrogen (secondary N) is 1. The van der Waals surface area contributed by atoms with E-state index in [0.717, 1.165) is 62.7 Å². The topological polar surface area (TPSA) is 75.3 Å². The minimum Gasteiger partial charge on any atom is -0.672 e. The van der Waals surface area contributed by atoms with Crippen molar-refractivity contribution in [2.45, 2.75) is 62.6 Å². The monoisotopic (exact) mass is 591 g/mol. The summed E-state index contributed by atoms with van der Waals surface area (Å²) in [7, 11) is 0.855. The molecule has 2 atom stereocenters. The molecule has 1 N–H and O–H groups in total. The molecule has 34 heavy (non-hydrogen) atoms. The van der Waals surface area contributed by atoms with Crippen molar-refractivity contribution < 1.29 is 25.7 Å². The molecule has 4 rings (SSSR count). The standard InChI is InChI=1S/C25H33N3O2S.CH3.ClH.Ru/c26-23(21-12-4-1-5-13-21)24(22-14-6-2-7-15-22)27-31(29,30)20-25(16-8-3-9-17-25)28-18-10-11-19-28;;;/h1-2,4-7,12-15,23-24,26H,3,8-11,16-20H2;1H3;1H;/q-2;-1;;+4/p-1. The molecule has 2 aromatic rings. The fraction of sp³-hybridized carbons (Fsp3) is 0.500. The molecule has 2 unspecified atom stereocenters. The van der Waals surface area contributed by atoms with Gasteiger partial charge in [0.1, 0.15) is 0 Å². The number of hydrogen-bond acceptors (Lipinski definition) is 3. The number of sulfonamides is 1. The largest absolute Gasteiger partial charge is 0.672 e. The minimum absolute atomic E-state index is 0. The Labute approximate surface area is 220 Å². The van der Waals surface area contributed by atoms with Gasteiger partial charge in [-0.3, -0.25) is 4.90 Å². The van der Waals surface area contributed by atoms with E-state index in [1.165, 1.54) is 6.42 Å². The van der Waals surface area contributed by atoms with Crippen LogP contribution in [-0.4, -0.2) is 37.7 Å². The summed E-state index contributed by atoms with van der Waals surface area (Å²) in [6.07, 6.45) is 7.50. The summed E-state index contributed by atoms with van der Waals surface area (Å²) in [5.41, 5.74) is 10.1. The Hall–Kier alpha value is -0.817. The van der Waals surface area contributed by atoms with E-state index < -0.39 is 22.1 Å². The molecule has 2 aliphatic rings. The molecule has 0 spiro atoms. The average molecular weight is 591 g/mol. The second-order valence-corrected chi connectivity index (χ2v) is 10.7. The first-order valence-electron chi connectivity index (χ1n) is 11.6. The molecule has 0 bridgehead atoms. The summed E-state index contributed by atoms with van der Waals surface area (Å²) >= 11 is 1.82. The Bertz CT molecular complexity index is 935. The van der Waals surface area contributed by atoms with E-state index in [-0.39, 0.29) is 18.7 Å². The molecule has 0 aromatic heterocycles. The third kappa shape index (κ3) is 7.59. The second-order valence-electron chi connectivity index (χ2n) is 9.05. The van der Waals surface area contributed by atoms with E-state index >= 15 is 0 Å². The SMILES string of the molecule is [CH3-].[Cl][Ru+3].[NH-]C(c1ccccc1)C([N-]S(=O)(=O)CC1(N2CCCC2)CCCCC1)c1ccccc1. The predicted molar refractivity (Wildman–Crippen MR) is 139 cm³/mol. The Morgan fingerprint density at radius 1 is 0.882 bits per heavy atom. The smallest absolute Gasteiger partial charge is 0.0743 e. The molecule has 188 valence electrons. The summed E-state index contributed by atoms with van der Waals surface area (Å²) in [6.45, 7) is 1.98. The maximum Gasteiger partial charge on any atom is 0.0743 e. The van der Waals surface area contributed by atoms with Gasteiger partial charge in [0, 0.05) is 5.54 Å². The first-order chi connectivity index (χ1) is 16.0. The van der Waals surface area contributed by atoms with Crippen molar-refractivity contribution in [3.8, 4) is 0 Å². The Morgan fingerprint density at radius 2 is 1.38 bits per heavy atom. The molecular formula is C26H36ClN3O2RuS. The molecular weight excluding hydrogens is 555 g/mol. The van der Waals surface area contributed by atoms with Crippen LogP contribution in [0.5, 0.6) is 0 Å². The fourth-order valence-electron chi connectivity index (χ4n) is 5.31. The first kappa shape index (κ1) is 29.4. The summed E-state index contributed by atoms with van der Waals surface area (Å²) in [6, 6.07) is 17.4. The number of hydrogen-bond donors (Lipinski definition) is 0. The maximum absolute atomic E-state index is 13.5. The van der Waals surface area contributed by atoms with Crippen LogP contribution in [0.15, 0.2) is 60.7 Å². The van der Waals surface area contributed by atoms with Gasteiger partial charge in [-0.05, 0) is 38.8 Å². The fourth-order valence-corrected chi connectivity index (χ4v) is 7.12. The van der Waals surface area contributed by atoms with Crippen molar-refractivity contribution in [2.75, 3.05) is 18.8 Å². The summed E-state index contributed by atoms with van der Waals surface area (Å²) < 4.78 is 31.4. The van der Waals surface area contributed by atoms with Gasteiger partial charge in [0.25, 0.3) is 0 Å². The zero-order valence-corrected chi connectivity index (χ0v) is 23.2. The second kappa shape index (κ2) is 14.1. The van der Waals surface area contributed by atoms with Crippen LogP contribution in [0, 0.1) is 7.43 Å². The van der Waals surface area contributed by atoms with Gasteiger partial charge in [-0.1, -0.05) is 91.1 Å². The van der Waals surface area contributed by atoms with Gasteiger partial charge in [0.2, 0.25) is 0 Å². The van der Waals surface area contributed by atoms with Crippen LogP contribution in [0.1, 0.15) is 68.2 Å². The van der Waals surface area contributed by atoms with Crippen LogP contribution in [0.2, 0.25) is 0 Å². The van der Waals surface area contributed by atoms with Crippen LogP contribution < -0.4 is 0 Å². The van der Waals surface area contributed by atoms with Crippen LogP contribution in [-0.2, 0) is 27.3 Å². The van der Waals surface area contributed by atoms with Crippen molar-refractivity contribution in [3.05, 3.63) is 89.7 Å². The number of likely N-dealkylation sites (tertiary alicyclic amines) is 1. The van der Waals surface area contributed by atoms with Gasteiger partial charge >= 0.3 is 27.0 Å². The van der Waals surface area contributed by atoms with E-state index in [2.05, 4.69) is 19.3 Å². The third-order valence-electron chi connectivity index (χ3n) is 6.90. The molecule has 1 saturated heterocycles. The molecule has 2 aromatic carbocycles. The van der Waals surface area contributed by atoms with E-state index in [1.807, 2.05) is 78.0 Å². The molecule has 0 amide bonds. The average Bonchev–Trinajstić information content (AvgIpc) is 3.41. The van der Waals surface area contributed by atoms with Crippen molar-refractivity contribution in [1.29, 1.82) is 0 Å². The molecule has 1 heterocycles. The van der Waals surface area contributed by atoms with E-state index in [0.29, 0.717) is 0 Å². The Morgan fingerprint density at radius 3 is 1.91 bits per heavy atom. The van der Waals surface area contributed by atoms with Crippen LogP contribution in [0.3, 0.4) is 0 Å². The zero-order chi connectivity index (χ0) is 23.7. The van der Waals surface area contributed by atoms with E-state index in [9.17, 15) is 8.42 Å². The first-order valence-corrected chi connectivity index (χ1v) is 15.5. The normalized spacial score (nSPS) is 19.8. The van der Waals surface area contributed by atoms with Gasteiger partial charge < -0.3 is 17.9 Å². The summed E-state index contributed by atoms with van der Waals surface area (Å²) in [5, 5.41) is 0. The molecule has 1 saturated carbocycles. The van der Waals surface area contributed by atoms with E-state index in [4.69, 9.17) is 5.73 Å². The number of halogens is 1. The van der Waals surface area contributed by atoms with Crippen molar-refractivity contribution in [3.63, 3.8) is 0 Å². The van der Waals surface area contributed by atoms with Gasteiger partial charge in [0.05, 0.1) is 15.8 Å². The van der Waals surface area contributed by atoms with Crippen LogP contribution >= 0.6 is 9.69 Å². The number of nitrogens with zero attached hydrogens (tertiary/aromatic N) is 2. The van der Waals surface area contributed by atoms with Gasteiger partial charge in [-0.15, -0.1) is 12.1 Å². The van der Waals surface area contributed by atoms with E-state index in [1.54, 1.807) is 0 Å². The van der Waals surface area contributed by atoms with Crippen molar-refractivity contribution in [2.24, 2.45) is 0 Å². The predicted octanol–water partition coefficient (Wildman–Crippen LogP) is 7.16. The Balaban J connectivity index is 0.00000133. The number of rotatable bonds is 8. The maximum atomic E-state index is 13.5. The minimum atomic E-state index is -3.71. The molecule has 8 heteroatoms. The van der Waals surface area contributed by atoms with Crippen LogP contribution in [0.25, 0.3) is 10.5 Å². The van der Waals surface area contributed by atoms with Crippen molar-refractivity contribution >= 4 is 19.7 Å². The summed E-state index contributed by atoms with van der Waals surface area (Å²) in [4.78, 5) is 2.42. The quantitative estimate of drug-likeness (QED) is 0.242. The van der Waals surface area contributed by atoms with Crippen LogP contribution in [0.4, 0.5) is 0 Å². The van der Waals surface area contributed by atoms with Gasteiger partial charge in [0.15, 0.2) is 0 Å². The molecule has 0 radical (unpaired) electrons. The molecule has 1 aliphatic carbocycles. The Kier molecular flexibility index (Phi) is 12.2. The van der Waals surface area contributed by atoms with Gasteiger partial charge in [-0.25, -0.2) is 8.42 Å². The third-order valence-corrected chi connectivity index (χ3v) is 8.35.